The van der Waals surface area contributed by atoms with Gasteiger partial charge in [0.25, 0.3) is 0 Å². The summed E-state index contributed by atoms with van der Waals surface area (Å²) < 4.78 is 4.79. The van der Waals surface area contributed by atoms with Crippen LogP contribution in [0.5, 0.6) is 5.75 Å². The monoisotopic (exact) mass is 299 g/mol. The lowest BCUT2D eigenvalue weighted by molar-refractivity contribution is -0.137. The Morgan fingerprint density at radius 2 is 2.00 bits per heavy atom. The molecule has 0 amide bonds. The van der Waals surface area contributed by atoms with E-state index in [4.69, 9.17) is 10.5 Å². The maximum atomic E-state index is 11.3. The zero-order valence-electron chi connectivity index (χ0n) is 12.3. The highest BCUT2D eigenvalue weighted by Crippen LogP contribution is 2.33. The summed E-state index contributed by atoms with van der Waals surface area (Å²) in [6.45, 7) is 8.22. The Morgan fingerprint density at radius 1 is 1.40 bits per heavy atom. The fraction of sp³-hybridized carbons (Fsp3) is 0.400. The molecule has 3 N–H and O–H groups in total. The van der Waals surface area contributed by atoms with Gasteiger partial charge in [-0.05, 0) is 36.1 Å². The van der Waals surface area contributed by atoms with E-state index in [0.29, 0.717) is 17.9 Å². The lowest BCUT2D eigenvalue weighted by atomic mass is 9.85. The van der Waals surface area contributed by atoms with Gasteiger partial charge in [-0.2, -0.15) is 0 Å². The predicted molar refractivity (Wildman–Crippen MR) is 84.1 cm³/mol. The van der Waals surface area contributed by atoms with Crippen LogP contribution in [0.3, 0.4) is 0 Å². The first-order valence-electron chi connectivity index (χ1n) is 6.23. The fourth-order valence-electron chi connectivity index (χ4n) is 1.59. The number of esters is 1. The zero-order valence-corrected chi connectivity index (χ0v) is 13.1. The summed E-state index contributed by atoms with van der Waals surface area (Å²) in [5.41, 5.74) is 7.50. The van der Waals surface area contributed by atoms with Crippen molar-refractivity contribution >= 4 is 30.1 Å². The van der Waals surface area contributed by atoms with Crippen molar-refractivity contribution in [3.8, 4) is 5.75 Å². The van der Waals surface area contributed by atoms with Gasteiger partial charge in [0, 0.05) is 11.6 Å². The molecule has 1 aromatic rings. The van der Waals surface area contributed by atoms with Crippen molar-refractivity contribution in [2.45, 2.75) is 33.1 Å². The van der Waals surface area contributed by atoms with Crippen LogP contribution in [0.1, 0.15) is 38.8 Å². The number of ether oxygens (including phenoxy) is 1. The number of benzene rings is 1. The van der Waals surface area contributed by atoms with Crippen LogP contribution >= 0.6 is 12.4 Å². The van der Waals surface area contributed by atoms with E-state index in [-0.39, 0.29) is 23.6 Å². The molecule has 0 saturated heterocycles. The van der Waals surface area contributed by atoms with Crippen molar-refractivity contribution in [3.63, 3.8) is 0 Å². The van der Waals surface area contributed by atoms with Crippen molar-refractivity contribution in [1.29, 1.82) is 0 Å². The Kier molecular flexibility index (Phi) is 6.59. The number of phenols is 1. The average molecular weight is 300 g/mol. The number of carbonyl (C=O) groups excluding carboxylic acids is 1. The Labute approximate surface area is 126 Å². The van der Waals surface area contributed by atoms with Gasteiger partial charge in [0.2, 0.25) is 0 Å². The van der Waals surface area contributed by atoms with E-state index in [1.807, 2.05) is 6.07 Å². The maximum Gasteiger partial charge on any atom is 0.330 e. The van der Waals surface area contributed by atoms with Gasteiger partial charge in [-0.1, -0.05) is 20.8 Å². The normalized spacial score (nSPS) is 11.2. The van der Waals surface area contributed by atoms with Crippen molar-refractivity contribution < 1.29 is 14.6 Å². The minimum Gasteiger partial charge on any atom is -0.505 e. The molecule has 0 aliphatic rings. The molecule has 0 heterocycles. The highest BCUT2D eigenvalue weighted by Gasteiger charge is 2.17. The van der Waals surface area contributed by atoms with Crippen LogP contribution in [0.15, 0.2) is 18.2 Å². The second-order valence-corrected chi connectivity index (χ2v) is 5.34. The molecule has 112 valence electrons. The Bertz CT molecular complexity index is 505. The molecule has 1 rings (SSSR count). The molecular formula is C15H22ClNO3. The van der Waals surface area contributed by atoms with E-state index in [2.05, 4.69) is 20.8 Å². The third kappa shape index (κ3) is 4.78. The van der Waals surface area contributed by atoms with Gasteiger partial charge in [0.15, 0.2) is 0 Å². The van der Waals surface area contributed by atoms with Gasteiger partial charge < -0.3 is 15.6 Å². The van der Waals surface area contributed by atoms with E-state index in [1.165, 1.54) is 12.2 Å². The van der Waals surface area contributed by atoms with Crippen LogP contribution in [0.25, 0.3) is 6.08 Å². The van der Waals surface area contributed by atoms with Gasteiger partial charge in [-0.25, -0.2) is 4.79 Å². The van der Waals surface area contributed by atoms with E-state index in [1.54, 1.807) is 13.0 Å². The van der Waals surface area contributed by atoms with E-state index < -0.39 is 5.97 Å². The number of carbonyl (C=O) groups is 1. The van der Waals surface area contributed by atoms with Crippen molar-refractivity contribution in [3.05, 3.63) is 29.3 Å². The van der Waals surface area contributed by atoms with E-state index >= 15 is 0 Å². The van der Waals surface area contributed by atoms with Gasteiger partial charge in [0.05, 0.1) is 12.3 Å². The van der Waals surface area contributed by atoms with Crippen LogP contribution in [-0.2, 0) is 14.9 Å². The molecule has 0 aliphatic heterocycles. The fourth-order valence-corrected chi connectivity index (χ4v) is 1.59. The quantitative estimate of drug-likeness (QED) is 0.389. The van der Waals surface area contributed by atoms with Gasteiger partial charge >= 0.3 is 5.97 Å². The van der Waals surface area contributed by atoms with Crippen LogP contribution in [0.4, 0.5) is 5.69 Å². The van der Waals surface area contributed by atoms with Gasteiger partial charge in [0.1, 0.15) is 5.75 Å². The molecule has 4 nitrogen and oxygen atoms in total. The summed E-state index contributed by atoms with van der Waals surface area (Å²) in [6.07, 6.45) is 2.80. The first-order chi connectivity index (χ1) is 8.75. The number of halogens is 1. The second kappa shape index (κ2) is 7.20. The highest BCUT2D eigenvalue weighted by molar-refractivity contribution is 5.88. The molecule has 0 radical (unpaired) electrons. The summed E-state index contributed by atoms with van der Waals surface area (Å²) in [6, 6.07) is 3.57. The van der Waals surface area contributed by atoms with Crippen LogP contribution < -0.4 is 5.73 Å². The summed E-state index contributed by atoms with van der Waals surface area (Å²) in [5, 5.41) is 9.90. The van der Waals surface area contributed by atoms with Crippen LogP contribution in [0, 0.1) is 0 Å². The SMILES string of the molecule is CCOC(=O)C=Cc1cc(C(C)(C)C)cc(N)c1O.Cl. The van der Waals surface area contributed by atoms with Crippen molar-refractivity contribution in [2.75, 3.05) is 12.3 Å². The summed E-state index contributed by atoms with van der Waals surface area (Å²) >= 11 is 0. The molecule has 0 unspecified atom stereocenters. The molecule has 5 heteroatoms. The topological polar surface area (TPSA) is 72.5 Å². The smallest absolute Gasteiger partial charge is 0.330 e. The standard InChI is InChI=1S/C15H21NO3.ClH/c1-5-19-13(17)7-6-10-8-11(15(2,3)4)9-12(16)14(10)18;/h6-9,18H,5,16H2,1-4H3;1H. The molecule has 0 spiro atoms. The third-order valence-electron chi connectivity index (χ3n) is 2.72. The molecular weight excluding hydrogens is 278 g/mol. The number of anilines is 1. The molecule has 0 saturated carbocycles. The summed E-state index contributed by atoms with van der Waals surface area (Å²) in [4.78, 5) is 11.3. The molecule has 1 aromatic carbocycles. The number of rotatable bonds is 3. The predicted octanol–water partition coefficient (Wildman–Crippen LogP) is 3.27. The highest BCUT2D eigenvalue weighted by atomic mass is 35.5. The van der Waals surface area contributed by atoms with Gasteiger partial charge in [-0.3, -0.25) is 0 Å². The Morgan fingerprint density at radius 3 is 2.50 bits per heavy atom. The molecule has 0 fully saturated rings. The van der Waals surface area contributed by atoms with Crippen molar-refractivity contribution in [1.82, 2.24) is 0 Å². The lowest BCUT2D eigenvalue weighted by Gasteiger charge is -2.20. The lowest BCUT2D eigenvalue weighted by Crippen LogP contribution is -2.12. The second-order valence-electron chi connectivity index (χ2n) is 5.34. The minimum absolute atomic E-state index is 0. The first-order valence-corrected chi connectivity index (χ1v) is 6.23. The van der Waals surface area contributed by atoms with Gasteiger partial charge in [-0.15, -0.1) is 12.4 Å². The van der Waals surface area contributed by atoms with Crippen molar-refractivity contribution in [2.24, 2.45) is 0 Å². The number of hydrogen-bond acceptors (Lipinski definition) is 4. The molecule has 0 aromatic heterocycles. The van der Waals surface area contributed by atoms with Crippen LogP contribution in [-0.4, -0.2) is 17.7 Å². The van der Waals surface area contributed by atoms with E-state index in [9.17, 15) is 9.90 Å². The summed E-state index contributed by atoms with van der Waals surface area (Å²) in [7, 11) is 0. The molecule has 0 bridgehead atoms. The minimum atomic E-state index is -0.443. The third-order valence-corrected chi connectivity index (χ3v) is 2.72. The number of nitrogen functional groups attached to an aromatic ring is 1. The summed E-state index contributed by atoms with van der Waals surface area (Å²) in [5.74, 6) is -0.463. The maximum absolute atomic E-state index is 11.3. The number of nitrogens with two attached hydrogens (primary N) is 1. The average Bonchev–Trinajstić information content (AvgIpc) is 2.30. The number of aromatic hydroxyl groups is 1. The van der Waals surface area contributed by atoms with E-state index in [0.717, 1.165) is 5.56 Å². The molecule has 20 heavy (non-hydrogen) atoms. The largest absolute Gasteiger partial charge is 0.505 e. The van der Waals surface area contributed by atoms with Crippen LogP contribution in [0.2, 0.25) is 0 Å². The molecule has 0 atom stereocenters. The number of hydrogen-bond donors (Lipinski definition) is 2. The molecule has 0 aliphatic carbocycles. The Balaban J connectivity index is 0.00000361. The first kappa shape index (κ1) is 18.3. The Hall–Kier alpha value is -1.68. The zero-order chi connectivity index (χ0) is 14.6. The number of phenolic OH excluding ortho intramolecular Hbond substituents is 1.